The third-order valence-corrected chi connectivity index (χ3v) is 9.35. The van der Waals surface area contributed by atoms with Crippen molar-refractivity contribution in [1.29, 1.82) is 0 Å². The van der Waals surface area contributed by atoms with E-state index in [1.165, 1.54) is 16.7 Å². The van der Waals surface area contributed by atoms with Crippen LogP contribution in [0.1, 0.15) is 179 Å². The van der Waals surface area contributed by atoms with Crippen LogP contribution < -0.4 is 14.2 Å². The molecule has 2 atom stereocenters. The van der Waals surface area contributed by atoms with E-state index in [1.54, 1.807) is 0 Å². The Kier molecular flexibility index (Phi) is 91.9. The predicted octanol–water partition coefficient (Wildman–Crippen LogP) is 21.2. The van der Waals surface area contributed by atoms with Gasteiger partial charge in [-0.1, -0.05) is 276 Å². The first-order valence-electron chi connectivity index (χ1n) is 23.1. The van der Waals surface area contributed by atoms with Gasteiger partial charge in [-0.25, -0.2) is 0 Å². The largest absolute Gasteiger partial charge is 0.491 e. The quantitative estimate of drug-likeness (QED) is 0.0504. The Balaban J connectivity index is -0.0000000670. The summed E-state index contributed by atoms with van der Waals surface area (Å²) in [5.41, 5.74) is 4.24. The van der Waals surface area contributed by atoms with Crippen LogP contribution >= 0.6 is 12.3 Å². The van der Waals surface area contributed by atoms with Gasteiger partial charge in [-0.05, 0) is 84.7 Å². The minimum absolute atomic E-state index is 0. The van der Waals surface area contributed by atoms with Gasteiger partial charge < -0.3 is 38.5 Å². The monoisotopic (exact) mass is 1130 g/mol. The Bertz CT molecular complexity index is 1810. The molecule has 0 aliphatic carbocycles. The van der Waals surface area contributed by atoms with Crippen molar-refractivity contribution in [3.8, 4) is 17.2 Å². The van der Waals surface area contributed by atoms with E-state index in [1.807, 2.05) is 123 Å². The van der Waals surface area contributed by atoms with E-state index in [4.69, 9.17) is 38.5 Å². The lowest BCUT2D eigenvalue weighted by Crippen LogP contribution is -2.19. The molecule has 0 fully saturated rings. The lowest BCUT2D eigenvalue weighted by atomic mass is 10.0. The molecule has 6 rings (SSSR count). The molecule has 79 heavy (non-hydrogen) atoms. The molecule has 0 radical (unpaired) electrons. The SMILES string of the molecule is C.C.C.C.C.C.C.C.C.C.C.C.CC(C)c1ccccc1.CC(C)c1ccccc1.CC(C)c1ccccc1.CC(COc1ccccc1)OCCO.CC(COc1ccccc1)OCCOSO.OCCOc1ccccc1. The van der Waals surface area contributed by atoms with E-state index >= 15 is 0 Å². The Morgan fingerprint density at radius 1 is 0.316 bits per heavy atom. The molecule has 0 aromatic heterocycles. The smallest absolute Gasteiger partial charge is 0.155 e. The number of aliphatic hydroxyl groups excluding tert-OH is 2. The van der Waals surface area contributed by atoms with Gasteiger partial charge >= 0.3 is 0 Å². The number of hydrogen-bond acceptors (Lipinski definition) is 10. The third-order valence-electron chi connectivity index (χ3n) is 9.07. The van der Waals surface area contributed by atoms with Gasteiger partial charge in [0.2, 0.25) is 0 Å². The molecule has 6 aromatic rings. The predicted molar refractivity (Wildman–Crippen MR) is 359 cm³/mol. The van der Waals surface area contributed by atoms with Crippen LogP contribution in [-0.2, 0) is 13.7 Å². The Morgan fingerprint density at radius 2 is 0.557 bits per heavy atom. The van der Waals surface area contributed by atoms with Crippen molar-refractivity contribution in [2.24, 2.45) is 0 Å². The van der Waals surface area contributed by atoms with E-state index in [-0.39, 0.29) is 115 Å². The minimum Gasteiger partial charge on any atom is -0.491 e. The topological polar surface area (TPSA) is 116 Å². The first-order chi connectivity index (χ1) is 32.5. The van der Waals surface area contributed by atoms with Gasteiger partial charge in [0, 0.05) is 0 Å². The van der Waals surface area contributed by atoms with Crippen molar-refractivity contribution in [2.45, 2.75) is 174 Å². The van der Waals surface area contributed by atoms with Crippen LogP contribution in [0.15, 0.2) is 182 Å². The number of rotatable bonds is 20. The van der Waals surface area contributed by atoms with Gasteiger partial charge in [0.15, 0.2) is 12.3 Å². The van der Waals surface area contributed by atoms with E-state index in [0.717, 1.165) is 17.2 Å². The second-order valence-electron chi connectivity index (χ2n) is 15.8. The van der Waals surface area contributed by atoms with Crippen LogP contribution in [-0.4, -0.2) is 79.8 Å². The van der Waals surface area contributed by atoms with Crippen LogP contribution in [0.2, 0.25) is 0 Å². The zero-order valence-corrected chi connectivity index (χ0v) is 41.9. The molecule has 462 valence electrons. The molecule has 0 saturated heterocycles. The highest BCUT2D eigenvalue weighted by Crippen LogP contribution is 2.14. The summed E-state index contributed by atoms with van der Waals surface area (Å²) in [6.45, 7) is 19.7. The fourth-order valence-electron chi connectivity index (χ4n) is 5.33. The molecule has 0 spiro atoms. The maximum atomic E-state index is 8.53. The summed E-state index contributed by atoms with van der Waals surface area (Å²) in [5.74, 6) is 4.45. The van der Waals surface area contributed by atoms with Crippen molar-refractivity contribution in [3.05, 3.63) is 199 Å². The number of ether oxygens (including phenoxy) is 5. The molecular formula is C69H126O9S. The summed E-state index contributed by atoms with van der Waals surface area (Å²) in [6, 6.07) is 60.2. The van der Waals surface area contributed by atoms with Crippen molar-refractivity contribution in [1.82, 2.24) is 0 Å². The first kappa shape index (κ1) is 102. The van der Waals surface area contributed by atoms with Crippen molar-refractivity contribution < 1.29 is 42.6 Å². The molecule has 0 bridgehead atoms. The lowest BCUT2D eigenvalue weighted by molar-refractivity contribution is 0.0132. The molecule has 0 saturated carbocycles. The second kappa shape index (κ2) is 70.8. The van der Waals surface area contributed by atoms with E-state index in [2.05, 4.69) is 119 Å². The fraction of sp³-hybridized carbons (Fsp3) is 0.478. The maximum Gasteiger partial charge on any atom is 0.155 e. The molecule has 0 aliphatic rings. The Hall–Kier alpha value is -5.17. The summed E-state index contributed by atoms with van der Waals surface area (Å²) in [7, 11) is 0. The minimum atomic E-state index is -0.00695. The molecule has 0 amide bonds. The fourth-order valence-corrected chi connectivity index (χ4v) is 5.47. The number of aliphatic hydroxyl groups is 2. The van der Waals surface area contributed by atoms with E-state index in [9.17, 15) is 0 Å². The average Bonchev–Trinajstić information content (AvgIpc) is 3.38. The lowest BCUT2D eigenvalue weighted by Gasteiger charge is -2.13. The Morgan fingerprint density at radius 3 is 0.785 bits per heavy atom. The van der Waals surface area contributed by atoms with Crippen LogP contribution in [0.5, 0.6) is 17.2 Å². The number of hydrogen-bond donors (Lipinski definition) is 3. The summed E-state index contributed by atoms with van der Waals surface area (Å²) >= 11 is 0.352. The van der Waals surface area contributed by atoms with Crippen LogP contribution in [0.3, 0.4) is 0 Å². The highest BCUT2D eigenvalue weighted by molar-refractivity contribution is 7.88. The molecule has 0 aliphatic heterocycles. The standard InChI is InChI=1S/C11H16O4S.C11H16O3.3C9H12.C8H10O2.12CH4/c1-10(13-7-8-15-16-12)9-14-11-5-3-2-4-6-11;1-10(13-8-7-12)9-14-11-5-3-2-4-6-11;3*1-8(2)9-6-4-3-5-7-9;9-6-7-10-8-4-2-1-3-5-8;;;;;;;;;;;;/h2-6,10,12H,7-9H2,1H3;2-6,10,12H,7-9H2,1H3;3*3-8H,1-2H3;1-5,9H,6-7H2;12*1H4. The molecule has 6 aromatic carbocycles. The second-order valence-corrected chi connectivity index (χ2v) is 16.2. The highest BCUT2D eigenvalue weighted by atomic mass is 32.2. The van der Waals surface area contributed by atoms with Crippen molar-refractivity contribution >= 4 is 12.3 Å². The number of para-hydroxylation sites is 3. The summed E-state index contributed by atoms with van der Waals surface area (Å²) in [4.78, 5) is 0. The summed E-state index contributed by atoms with van der Waals surface area (Å²) < 4.78 is 39.6. The molecule has 10 heteroatoms. The van der Waals surface area contributed by atoms with Crippen LogP contribution in [0.25, 0.3) is 0 Å². The van der Waals surface area contributed by atoms with Gasteiger partial charge in [0.05, 0.1) is 45.2 Å². The third kappa shape index (κ3) is 58.8. The van der Waals surface area contributed by atoms with E-state index < -0.39 is 0 Å². The van der Waals surface area contributed by atoms with Crippen LogP contribution in [0, 0.1) is 0 Å². The zero-order valence-electron chi connectivity index (χ0n) is 41.1. The van der Waals surface area contributed by atoms with Crippen molar-refractivity contribution in [2.75, 3.05) is 52.9 Å². The van der Waals surface area contributed by atoms with Crippen LogP contribution in [0.4, 0.5) is 0 Å². The molecular weight excluding hydrogens is 1000 g/mol. The van der Waals surface area contributed by atoms with E-state index in [0.29, 0.717) is 69.7 Å². The maximum absolute atomic E-state index is 8.53. The zero-order chi connectivity index (χ0) is 49.2. The normalized spacial score (nSPS) is 9.34. The molecule has 0 heterocycles. The Labute approximate surface area is 495 Å². The van der Waals surface area contributed by atoms with Gasteiger partial charge in [-0.15, -0.1) is 0 Å². The number of benzene rings is 6. The summed E-state index contributed by atoms with van der Waals surface area (Å²) in [5, 5.41) is 16.9. The van der Waals surface area contributed by atoms with Gasteiger partial charge in [-0.3, -0.25) is 4.18 Å². The summed E-state index contributed by atoms with van der Waals surface area (Å²) in [6.07, 6.45) is -0.00476. The van der Waals surface area contributed by atoms with Gasteiger partial charge in [-0.2, -0.15) is 0 Å². The molecule has 2 unspecified atom stereocenters. The van der Waals surface area contributed by atoms with Gasteiger partial charge in [0.25, 0.3) is 0 Å². The molecule has 3 N–H and O–H groups in total. The average molecular weight is 1130 g/mol. The highest BCUT2D eigenvalue weighted by Gasteiger charge is 2.04. The van der Waals surface area contributed by atoms with Gasteiger partial charge in [0.1, 0.15) is 37.1 Å². The van der Waals surface area contributed by atoms with Crippen molar-refractivity contribution in [3.63, 3.8) is 0 Å². The molecule has 9 nitrogen and oxygen atoms in total. The first-order valence-corrected chi connectivity index (χ1v) is 23.8.